The number of ether oxygens (including phenoxy) is 2. The SMILES string of the molecule is COc1ccc(OC)c([C@@H]2CN(Cc3ccccc3)C[C@H]2NC(=O)C2CC2)c1. The highest BCUT2D eigenvalue weighted by atomic mass is 16.5. The normalized spacial score (nSPS) is 22.1. The lowest BCUT2D eigenvalue weighted by Crippen LogP contribution is -2.40. The number of nitrogens with zero attached hydrogens (tertiary/aromatic N) is 1. The van der Waals surface area contributed by atoms with Crippen LogP contribution < -0.4 is 14.8 Å². The molecule has 2 atom stereocenters. The smallest absolute Gasteiger partial charge is 0.223 e. The fourth-order valence-corrected chi connectivity index (χ4v) is 4.09. The molecule has 2 aromatic rings. The molecule has 2 aromatic carbocycles. The van der Waals surface area contributed by atoms with Crippen molar-refractivity contribution in [2.24, 2.45) is 5.92 Å². The average molecular weight is 380 g/mol. The topological polar surface area (TPSA) is 50.8 Å². The quantitative estimate of drug-likeness (QED) is 0.801. The second-order valence-electron chi connectivity index (χ2n) is 7.78. The first-order chi connectivity index (χ1) is 13.7. The Hall–Kier alpha value is -2.53. The molecule has 1 N–H and O–H groups in total. The number of nitrogens with one attached hydrogen (secondary N) is 1. The molecule has 2 aliphatic rings. The molecule has 4 rings (SSSR count). The van der Waals surface area contributed by atoms with Crippen molar-refractivity contribution >= 4 is 5.91 Å². The van der Waals surface area contributed by atoms with E-state index in [4.69, 9.17) is 9.47 Å². The van der Waals surface area contributed by atoms with Crippen LogP contribution in [-0.2, 0) is 11.3 Å². The number of hydrogen-bond acceptors (Lipinski definition) is 4. The molecule has 1 aliphatic heterocycles. The van der Waals surface area contributed by atoms with E-state index in [0.717, 1.165) is 49.5 Å². The molecule has 1 amide bonds. The van der Waals surface area contributed by atoms with E-state index in [-0.39, 0.29) is 23.8 Å². The van der Waals surface area contributed by atoms with Crippen molar-refractivity contribution in [2.45, 2.75) is 31.3 Å². The number of carbonyl (C=O) groups is 1. The maximum absolute atomic E-state index is 12.5. The van der Waals surface area contributed by atoms with Crippen molar-refractivity contribution in [1.29, 1.82) is 0 Å². The van der Waals surface area contributed by atoms with Crippen LogP contribution in [0.2, 0.25) is 0 Å². The molecule has 0 radical (unpaired) electrons. The molecular weight excluding hydrogens is 352 g/mol. The van der Waals surface area contributed by atoms with Crippen molar-refractivity contribution in [2.75, 3.05) is 27.3 Å². The van der Waals surface area contributed by atoms with Crippen LogP contribution >= 0.6 is 0 Å². The second-order valence-corrected chi connectivity index (χ2v) is 7.78. The highest BCUT2D eigenvalue weighted by Crippen LogP contribution is 2.37. The van der Waals surface area contributed by atoms with Crippen LogP contribution in [0.5, 0.6) is 11.5 Å². The zero-order chi connectivity index (χ0) is 19.5. The molecule has 5 nitrogen and oxygen atoms in total. The molecule has 5 heteroatoms. The van der Waals surface area contributed by atoms with Crippen LogP contribution in [0.3, 0.4) is 0 Å². The maximum atomic E-state index is 12.5. The molecule has 0 bridgehead atoms. The van der Waals surface area contributed by atoms with E-state index in [2.05, 4.69) is 34.5 Å². The first kappa shape index (κ1) is 18.8. The van der Waals surface area contributed by atoms with E-state index in [1.807, 2.05) is 24.3 Å². The van der Waals surface area contributed by atoms with Crippen molar-refractivity contribution in [3.05, 3.63) is 59.7 Å². The highest BCUT2D eigenvalue weighted by Gasteiger charge is 2.39. The lowest BCUT2D eigenvalue weighted by Gasteiger charge is -2.22. The number of hydrogen-bond donors (Lipinski definition) is 1. The molecule has 28 heavy (non-hydrogen) atoms. The first-order valence-electron chi connectivity index (χ1n) is 9.96. The van der Waals surface area contributed by atoms with Gasteiger partial charge in [0, 0.05) is 43.1 Å². The van der Waals surface area contributed by atoms with Gasteiger partial charge in [0.2, 0.25) is 5.91 Å². The Morgan fingerprint density at radius 2 is 1.86 bits per heavy atom. The Bertz CT molecular complexity index is 820. The predicted octanol–water partition coefficient (Wildman–Crippen LogP) is 3.20. The summed E-state index contributed by atoms with van der Waals surface area (Å²) in [4.78, 5) is 14.9. The maximum Gasteiger partial charge on any atom is 0.223 e. The summed E-state index contributed by atoms with van der Waals surface area (Å²) in [6.07, 6.45) is 2.03. The number of likely N-dealkylation sites (tertiary alicyclic amines) is 1. The van der Waals surface area contributed by atoms with Gasteiger partial charge < -0.3 is 14.8 Å². The molecule has 1 heterocycles. The van der Waals surface area contributed by atoms with Crippen molar-refractivity contribution in [3.63, 3.8) is 0 Å². The largest absolute Gasteiger partial charge is 0.497 e. The van der Waals surface area contributed by atoms with Gasteiger partial charge in [-0.1, -0.05) is 30.3 Å². The number of carbonyl (C=O) groups excluding carboxylic acids is 1. The van der Waals surface area contributed by atoms with Crippen molar-refractivity contribution < 1.29 is 14.3 Å². The van der Waals surface area contributed by atoms with E-state index in [9.17, 15) is 4.79 Å². The van der Waals surface area contributed by atoms with Crippen LogP contribution in [-0.4, -0.2) is 44.2 Å². The minimum Gasteiger partial charge on any atom is -0.497 e. The minimum atomic E-state index is 0.0674. The van der Waals surface area contributed by atoms with Gasteiger partial charge >= 0.3 is 0 Å². The van der Waals surface area contributed by atoms with E-state index in [1.54, 1.807) is 14.2 Å². The van der Waals surface area contributed by atoms with Gasteiger partial charge in [0.1, 0.15) is 11.5 Å². The highest BCUT2D eigenvalue weighted by molar-refractivity contribution is 5.81. The molecule has 0 spiro atoms. The van der Waals surface area contributed by atoms with E-state index in [0.29, 0.717) is 0 Å². The zero-order valence-electron chi connectivity index (χ0n) is 16.6. The summed E-state index contributed by atoms with van der Waals surface area (Å²) in [5.41, 5.74) is 2.38. The van der Waals surface area contributed by atoms with Gasteiger partial charge in [0.25, 0.3) is 0 Å². The Morgan fingerprint density at radius 1 is 1.07 bits per heavy atom. The molecular formula is C23H28N2O3. The third-order valence-corrected chi connectivity index (χ3v) is 5.76. The Kier molecular flexibility index (Phi) is 5.53. The summed E-state index contributed by atoms with van der Waals surface area (Å²) in [6, 6.07) is 16.5. The summed E-state index contributed by atoms with van der Waals surface area (Å²) >= 11 is 0. The number of rotatable bonds is 7. The average Bonchev–Trinajstić information content (AvgIpc) is 3.51. The van der Waals surface area contributed by atoms with Gasteiger partial charge in [0.05, 0.1) is 14.2 Å². The van der Waals surface area contributed by atoms with Crippen molar-refractivity contribution in [1.82, 2.24) is 10.2 Å². The summed E-state index contributed by atoms with van der Waals surface area (Å²) in [7, 11) is 3.37. The third-order valence-electron chi connectivity index (χ3n) is 5.76. The van der Waals surface area contributed by atoms with E-state index in [1.165, 1.54) is 5.56 Å². The van der Waals surface area contributed by atoms with Gasteiger partial charge in [-0.15, -0.1) is 0 Å². The predicted molar refractivity (Wildman–Crippen MR) is 109 cm³/mol. The summed E-state index contributed by atoms with van der Waals surface area (Å²) in [5.74, 6) is 2.22. The molecule has 1 saturated heterocycles. The van der Waals surface area contributed by atoms with Gasteiger partial charge in [-0.05, 0) is 36.6 Å². The summed E-state index contributed by atoms with van der Waals surface area (Å²) < 4.78 is 11.1. The Labute approximate surface area is 166 Å². The molecule has 1 aliphatic carbocycles. The van der Waals surface area contributed by atoms with Crippen molar-refractivity contribution in [3.8, 4) is 11.5 Å². The first-order valence-corrected chi connectivity index (χ1v) is 9.96. The summed E-state index contributed by atoms with van der Waals surface area (Å²) in [6.45, 7) is 2.58. The zero-order valence-corrected chi connectivity index (χ0v) is 16.6. The lowest BCUT2D eigenvalue weighted by molar-refractivity contribution is -0.123. The van der Waals surface area contributed by atoms with Crippen LogP contribution in [0, 0.1) is 5.92 Å². The van der Waals surface area contributed by atoms with Crippen LogP contribution in [0.15, 0.2) is 48.5 Å². The van der Waals surface area contributed by atoms with Crippen LogP contribution in [0.4, 0.5) is 0 Å². The number of amides is 1. The summed E-state index contributed by atoms with van der Waals surface area (Å²) in [5, 5.41) is 3.32. The molecule has 0 unspecified atom stereocenters. The van der Waals surface area contributed by atoms with Gasteiger partial charge in [-0.3, -0.25) is 9.69 Å². The minimum absolute atomic E-state index is 0.0674. The fraction of sp³-hybridized carbons (Fsp3) is 0.435. The van der Waals surface area contributed by atoms with Gasteiger partial charge in [-0.25, -0.2) is 0 Å². The second kappa shape index (κ2) is 8.23. The number of benzene rings is 2. The monoisotopic (exact) mass is 380 g/mol. The standard InChI is InChI=1S/C23H28N2O3/c1-27-18-10-11-22(28-2)19(12-18)20-14-25(13-16-6-4-3-5-7-16)15-21(20)24-23(26)17-8-9-17/h3-7,10-12,17,20-21H,8-9,13-15H2,1-2H3,(H,24,26)/t20-,21+/m0/s1. The molecule has 1 saturated carbocycles. The van der Waals surface area contributed by atoms with Gasteiger partial charge in [0.15, 0.2) is 0 Å². The van der Waals surface area contributed by atoms with Crippen LogP contribution in [0.1, 0.15) is 29.9 Å². The molecule has 2 fully saturated rings. The van der Waals surface area contributed by atoms with E-state index >= 15 is 0 Å². The Balaban J connectivity index is 1.59. The Morgan fingerprint density at radius 3 is 2.54 bits per heavy atom. The van der Waals surface area contributed by atoms with Gasteiger partial charge in [-0.2, -0.15) is 0 Å². The lowest BCUT2D eigenvalue weighted by atomic mass is 9.93. The fourth-order valence-electron chi connectivity index (χ4n) is 4.09. The molecule has 0 aromatic heterocycles. The third kappa shape index (κ3) is 4.14. The van der Waals surface area contributed by atoms with E-state index < -0.39 is 0 Å². The molecule has 148 valence electrons. The number of methoxy groups -OCH3 is 2. The van der Waals surface area contributed by atoms with Crippen LogP contribution in [0.25, 0.3) is 0 Å².